The molecule has 0 N–H and O–H groups in total. The lowest BCUT2D eigenvalue weighted by Gasteiger charge is -2.32. The molecule has 0 radical (unpaired) electrons. The quantitative estimate of drug-likeness (QED) is 0.803. The van der Waals surface area contributed by atoms with Gasteiger partial charge in [0.05, 0.1) is 0 Å². The molecule has 2 heterocycles. The molecule has 1 fully saturated rings. The molecule has 7 nitrogen and oxygen atoms in total. The van der Waals surface area contributed by atoms with E-state index in [-0.39, 0.29) is 5.91 Å². The topological polar surface area (TPSA) is 67.2 Å². The molecule has 0 bridgehead atoms. The molecule has 2 aromatic heterocycles. The van der Waals surface area contributed by atoms with Crippen LogP contribution in [-0.4, -0.2) is 68.7 Å². The van der Waals surface area contributed by atoms with Crippen molar-refractivity contribution in [2.45, 2.75) is 38.1 Å². The average molecular weight is 342 g/mol. The summed E-state index contributed by atoms with van der Waals surface area (Å²) in [5.74, 6) is 0.594. The highest BCUT2D eigenvalue weighted by atomic mass is 16.2. The van der Waals surface area contributed by atoms with Crippen molar-refractivity contribution in [1.82, 2.24) is 29.5 Å². The summed E-state index contributed by atoms with van der Waals surface area (Å²) in [6, 6.07) is 4.15. The molecular formula is C18H26N6O. The molecule has 25 heavy (non-hydrogen) atoms. The highest BCUT2D eigenvalue weighted by Crippen LogP contribution is 2.21. The molecule has 1 saturated carbocycles. The van der Waals surface area contributed by atoms with Crippen LogP contribution in [0, 0.1) is 0 Å². The molecule has 0 unspecified atom stereocenters. The maximum absolute atomic E-state index is 12.7. The second-order valence-electron chi connectivity index (χ2n) is 6.74. The fourth-order valence-electron chi connectivity index (χ4n) is 3.34. The minimum absolute atomic E-state index is 0.000750. The number of carbonyl (C=O) groups is 1. The average Bonchev–Trinajstić information content (AvgIpc) is 3.21. The van der Waals surface area contributed by atoms with Gasteiger partial charge in [-0.1, -0.05) is 19.3 Å². The van der Waals surface area contributed by atoms with Crippen LogP contribution in [-0.2, 0) is 0 Å². The smallest absolute Gasteiger partial charge is 0.253 e. The van der Waals surface area contributed by atoms with E-state index in [1.54, 1.807) is 34.2 Å². The summed E-state index contributed by atoms with van der Waals surface area (Å²) in [5, 5.41) is 4.05. The molecule has 0 aliphatic heterocycles. The Balaban J connectivity index is 1.57. The summed E-state index contributed by atoms with van der Waals surface area (Å²) in [6.07, 6.45) is 11.2. The number of hydrogen-bond acceptors (Lipinski definition) is 5. The van der Waals surface area contributed by atoms with Crippen molar-refractivity contribution < 1.29 is 4.79 Å². The molecular weight excluding hydrogens is 316 g/mol. The van der Waals surface area contributed by atoms with Crippen LogP contribution in [0.25, 0.3) is 5.82 Å². The highest BCUT2D eigenvalue weighted by molar-refractivity contribution is 5.94. The predicted octanol–water partition coefficient (Wildman–Crippen LogP) is 2.00. The van der Waals surface area contributed by atoms with Crippen LogP contribution in [0.5, 0.6) is 0 Å². The van der Waals surface area contributed by atoms with Crippen molar-refractivity contribution in [2.75, 3.05) is 27.2 Å². The van der Waals surface area contributed by atoms with E-state index in [9.17, 15) is 4.79 Å². The second kappa shape index (κ2) is 8.20. The molecule has 3 rings (SSSR count). The lowest BCUT2D eigenvalue weighted by molar-refractivity contribution is 0.0767. The third-order valence-corrected chi connectivity index (χ3v) is 4.98. The third kappa shape index (κ3) is 4.42. The zero-order valence-corrected chi connectivity index (χ0v) is 15.0. The molecule has 0 aromatic carbocycles. The van der Waals surface area contributed by atoms with Crippen LogP contribution in [0.4, 0.5) is 0 Å². The van der Waals surface area contributed by atoms with Crippen LogP contribution in [0.2, 0.25) is 0 Å². The standard InChI is InChI=1S/C18H26N6O/c1-22(16-6-4-3-5-7-16)10-11-23(2)18(25)15-8-9-20-17(12-15)24-14-19-13-21-24/h8-9,12-14,16H,3-7,10-11H2,1-2H3. The van der Waals surface area contributed by atoms with Gasteiger partial charge in [-0.25, -0.2) is 14.6 Å². The van der Waals surface area contributed by atoms with Crippen LogP contribution >= 0.6 is 0 Å². The van der Waals surface area contributed by atoms with E-state index < -0.39 is 0 Å². The van der Waals surface area contributed by atoms with Crippen molar-refractivity contribution in [1.29, 1.82) is 0 Å². The fourth-order valence-corrected chi connectivity index (χ4v) is 3.34. The molecule has 1 amide bonds. The normalized spacial score (nSPS) is 15.5. The SMILES string of the molecule is CN(CCN(C)C1CCCCC1)C(=O)c1ccnc(-n2cncn2)c1. The first kappa shape index (κ1) is 17.5. The first-order valence-corrected chi connectivity index (χ1v) is 8.92. The van der Waals surface area contributed by atoms with E-state index in [1.807, 2.05) is 7.05 Å². The summed E-state index contributed by atoms with van der Waals surface area (Å²) in [5.41, 5.74) is 0.614. The maximum Gasteiger partial charge on any atom is 0.253 e. The van der Waals surface area contributed by atoms with Gasteiger partial charge in [-0.15, -0.1) is 0 Å². The maximum atomic E-state index is 12.7. The van der Waals surface area contributed by atoms with Gasteiger partial charge < -0.3 is 9.80 Å². The number of pyridine rings is 1. The van der Waals surface area contributed by atoms with Gasteiger partial charge in [-0.2, -0.15) is 5.10 Å². The number of nitrogens with zero attached hydrogens (tertiary/aromatic N) is 6. The van der Waals surface area contributed by atoms with E-state index >= 15 is 0 Å². The van der Waals surface area contributed by atoms with E-state index in [1.165, 1.54) is 38.4 Å². The molecule has 1 aliphatic carbocycles. The van der Waals surface area contributed by atoms with E-state index in [2.05, 4.69) is 27.0 Å². The zero-order chi connectivity index (χ0) is 17.6. The van der Waals surface area contributed by atoms with Crippen LogP contribution in [0.3, 0.4) is 0 Å². The minimum Gasteiger partial charge on any atom is -0.340 e. The molecule has 7 heteroatoms. The fraction of sp³-hybridized carbons (Fsp3) is 0.556. The number of hydrogen-bond donors (Lipinski definition) is 0. The molecule has 2 aromatic rings. The Morgan fingerprint density at radius 1 is 1.24 bits per heavy atom. The van der Waals surface area contributed by atoms with Gasteiger partial charge in [-0.3, -0.25) is 4.79 Å². The van der Waals surface area contributed by atoms with Gasteiger partial charge in [0.1, 0.15) is 12.7 Å². The Kier molecular flexibility index (Phi) is 5.75. The minimum atomic E-state index is 0.000750. The van der Waals surface area contributed by atoms with Gasteiger partial charge in [-0.05, 0) is 32.0 Å². The van der Waals surface area contributed by atoms with Crippen molar-refractivity contribution in [3.05, 3.63) is 36.5 Å². The Morgan fingerprint density at radius 3 is 2.76 bits per heavy atom. The summed E-state index contributed by atoms with van der Waals surface area (Å²) >= 11 is 0. The largest absolute Gasteiger partial charge is 0.340 e. The summed E-state index contributed by atoms with van der Waals surface area (Å²) in [7, 11) is 4.02. The lowest BCUT2D eigenvalue weighted by Crippen LogP contribution is -2.40. The monoisotopic (exact) mass is 342 g/mol. The number of carbonyl (C=O) groups excluding carboxylic acids is 1. The Hall–Kier alpha value is -2.28. The summed E-state index contributed by atoms with van der Waals surface area (Å²) in [6.45, 7) is 1.61. The van der Waals surface area contributed by atoms with Crippen molar-refractivity contribution in [3.8, 4) is 5.82 Å². The van der Waals surface area contributed by atoms with Gasteiger partial charge in [0, 0.05) is 37.9 Å². The van der Waals surface area contributed by atoms with Gasteiger partial charge in [0.15, 0.2) is 5.82 Å². The first-order valence-electron chi connectivity index (χ1n) is 8.92. The predicted molar refractivity (Wildman–Crippen MR) is 95.6 cm³/mol. The molecule has 0 atom stereocenters. The molecule has 0 saturated heterocycles. The van der Waals surface area contributed by atoms with Crippen molar-refractivity contribution in [2.24, 2.45) is 0 Å². The summed E-state index contributed by atoms with van der Waals surface area (Å²) in [4.78, 5) is 25.0. The Bertz CT molecular complexity index is 681. The van der Waals surface area contributed by atoms with Gasteiger partial charge in [0.25, 0.3) is 5.91 Å². The molecule has 0 spiro atoms. The second-order valence-corrected chi connectivity index (χ2v) is 6.74. The van der Waals surface area contributed by atoms with E-state index in [4.69, 9.17) is 0 Å². The summed E-state index contributed by atoms with van der Waals surface area (Å²) < 4.78 is 1.55. The Labute approximate surface area is 148 Å². The van der Waals surface area contributed by atoms with Crippen LogP contribution in [0.15, 0.2) is 31.0 Å². The van der Waals surface area contributed by atoms with Gasteiger partial charge in [0.2, 0.25) is 0 Å². The van der Waals surface area contributed by atoms with Gasteiger partial charge >= 0.3 is 0 Å². The zero-order valence-electron chi connectivity index (χ0n) is 15.0. The lowest BCUT2D eigenvalue weighted by atomic mass is 9.94. The van der Waals surface area contributed by atoms with E-state index in [0.717, 1.165) is 6.54 Å². The highest BCUT2D eigenvalue weighted by Gasteiger charge is 2.19. The van der Waals surface area contributed by atoms with Crippen LogP contribution in [0.1, 0.15) is 42.5 Å². The van der Waals surface area contributed by atoms with Crippen molar-refractivity contribution >= 4 is 5.91 Å². The first-order chi connectivity index (χ1) is 12.1. The Morgan fingerprint density at radius 2 is 2.04 bits per heavy atom. The van der Waals surface area contributed by atoms with E-state index in [0.29, 0.717) is 24.0 Å². The number of likely N-dealkylation sites (N-methyl/N-ethyl adjacent to an activating group) is 2. The number of rotatable bonds is 6. The van der Waals surface area contributed by atoms with Crippen molar-refractivity contribution in [3.63, 3.8) is 0 Å². The van der Waals surface area contributed by atoms with Crippen LogP contribution < -0.4 is 0 Å². The number of amides is 1. The number of aromatic nitrogens is 4. The molecule has 1 aliphatic rings. The molecule has 134 valence electrons. The third-order valence-electron chi connectivity index (χ3n) is 4.98.